The Morgan fingerprint density at radius 3 is 1.61 bits per heavy atom. The smallest absolute Gasteiger partial charge is 0.164 e. The number of nitrogens with zero attached hydrogens (tertiary/aromatic N) is 4. The van der Waals surface area contributed by atoms with Gasteiger partial charge in [0.2, 0.25) is 0 Å². The van der Waals surface area contributed by atoms with Crippen LogP contribution in [0.3, 0.4) is 0 Å². The van der Waals surface area contributed by atoms with Gasteiger partial charge in [-0.2, -0.15) is 0 Å². The van der Waals surface area contributed by atoms with Crippen molar-refractivity contribution in [2.45, 2.75) is 0 Å². The van der Waals surface area contributed by atoms with E-state index in [4.69, 9.17) is 23.8 Å². The van der Waals surface area contributed by atoms with Gasteiger partial charge in [-0.25, -0.2) is 15.0 Å². The molecule has 0 spiro atoms. The number of hydrogen-bond acceptors (Lipinski definition) is 5. The number of rotatable bonds is 5. The van der Waals surface area contributed by atoms with Gasteiger partial charge in [-0.3, -0.25) is 0 Å². The first-order valence-corrected chi connectivity index (χ1v) is 19.0. The van der Waals surface area contributed by atoms with E-state index in [0.717, 1.165) is 88.4 Å². The Labute approximate surface area is 325 Å². The first kappa shape index (κ1) is 31.5. The summed E-state index contributed by atoms with van der Waals surface area (Å²) in [4.78, 5) is 15.7. The molecule has 0 radical (unpaired) electrons. The molecule has 0 bridgehead atoms. The van der Waals surface area contributed by atoms with Crippen LogP contribution in [0, 0.1) is 0 Å². The molecule has 0 aliphatic heterocycles. The summed E-state index contributed by atoms with van der Waals surface area (Å²) in [5.41, 5.74) is 11.1. The molecular weight excluding hydrogens is 701 g/mol. The highest BCUT2D eigenvalue weighted by Crippen LogP contribution is 2.43. The number of hydrogen-bond donors (Lipinski definition) is 0. The third-order valence-electron chi connectivity index (χ3n) is 11.1. The fraction of sp³-hybridized carbons (Fsp3) is 0. The Balaban J connectivity index is 1.15. The first-order valence-electron chi connectivity index (χ1n) is 19.0. The first-order chi connectivity index (χ1) is 28.3. The zero-order valence-electron chi connectivity index (χ0n) is 30.4. The van der Waals surface area contributed by atoms with Gasteiger partial charge in [-0.05, 0) is 59.7 Å². The molecule has 0 atom stereocenters. The van der Waals surface area contributed by atoms with Gasteiger partial charge in [0, 0.05) is 43.6 Å². The molecule has 6 nitrogen and oxygen atoms in total. The third-order valence-corrected chi connectivity index (χ3v) is 11.1. The molecule has 0 saturated carbocycles. The molecule has 0 saturated heterocycles. The molecule has 266 valence electrons. The van der Waals surface area contributed by atoms with Gasteiger partial charge in [0.05, 0.1) is 22.1 Å². The average molecular weight is 731 g/mol. The number of benzene rings is 8. The Kier molecular flexibility index (Phi) is 6.83. The molecule has 0 aliphatic carbocycles. The minimum absolute atomic E-state index is 0.547. The zero-order valence-corrected chi connectivity index (χ0v) is 30.4. The molecule has 0 aliphatic rings. The predicted molar refractivity (Wildman–Crippen MR) is 230 cm³/mol. The van der Waals surface area contributed by atoms with Crippen LogP contribution in [0.5, 0.6) is 0 Å². The van der Waals surface area contributed by atoms with Crippen LogP contribution in [0.4, 0.5) is 0 Å². The largest absolute Gasteiger partial charge is 0.456 e. The van der Waals surface area contributed by atoms with Crippen molar-refractivity contribution < 1.29 is 8.83 Å². The number of fused-ring (bicyclic) bond motifs is 9. The lowest BCUT2D eigenvalue weighted by Gasteiger charge is -2.12. The summed E-state index contributed by atoms with van der Waals surface area (Å²) in [5, 5.41) is 6.46. The quantitative estimate of drug-likeness (QED) is 0.176. The van der Waals surface area contributed by atoms with Gasteiger partial charge in [0.1, 0.15) is 22.3 Å². The van der Waals surface area contributed by atoms with Crippen molar-refractivity contribution in [2.24, 2.45) is 0 Å². The molecule has 6 heteroatoms. The van der Waals surface area contributed by atoms with Crippen molar-refractivity contribution in [1.29, 1.82) is 0 Å². The highest BCUT2D eigenvalue weighted by molar-refractivity contribution is 6.18. The molecule has 4 heterocycles. The summed E-state index contributed by atoms with van der Waals surface area (Å²) >= 11 is 0. The fourth-order valence-corrected chi connectivity index (χ4v) is 8.57. The fourth-order valence-electron chi connectivity index (χ4n) is 8.57. The van der Waals surface area contributed by atoms with Gasteiger partial charge in [-0.1, -0.05) is 133 Å². The van der Waals surface area contributed by atoms with Crippen LogP contribution in [-0.2, 0) is 0 Å². The number of furan rings is 2. The second kappa shape index (κ2) is 12.3. The van der Waals surface area contributed by atoms with Crippen LogP contribution in [0.1, 0.15) is 0 Å². The van der Waals surface area contributed by atoms with Crippen molar-refractivity contribution in [3.05, 3.63) is 182 Å². The Bertz CT molecular complexity index is 3470. The summed E-state index contributed by atoms with van der Waals surface area (Å²) in [7, 11) is 0. The lowest BCUT2D eigenvalue weighted by molar-refractivity contribution is 0.668. The molecule has 0 N–H and O–H groups in total. The van der Waals surface area contributed by atoms with E-state index in [9.17, 15) is 0 Å². The van der Waals surface area contributed by atoms with Crippen molar-refractivity contribution in [3.8, 4) is 51.0 Å². The van der Waals surface area contributed by atoms with Crippen LogP contribution >= 0.6 is 0 Å². The molecule has 4 aromatic heterocycles. The lowest BCUT2D eigenvalue weighted by Crippen LogP contribution is -2.01. The Morgan fingerprint density at radius 2 is 0.877 bits per heavy atom. The van der Waals surface area contributed by atoms with Gasteiger partial charge in [0.15, 0.2) is 17.5 Å². The summed E-state index contributed by atoms with van der Waals surface area (Å²) < 4.78 is 15.5. The van der Waals surface area contributed by atoms with E-state index >= 15 is 0 Å². The molecule has 0 fully saturated rings. The van der Waals surface area contributed by atoms with E-state index in [1.807, 2.05) is 66.7 Å². The third kappa shape index (κ3) is 4.87. The maximum Gasteiger partial charge on any atom is 0.164 e. The van der Waals surface area contributed by atoms with Gasteiger partial charge < -0.3 is 13.4 Å². The molecule has 0 amide bonds. The van der Waals surface area contributed by atoms with E-state index in [2.05, 4.69) is 120 Å². The topological polar surface area (TPSA) is 69.9 Å². The molecule has 57 heavy (non-hydrogen) atoms. The molecular formula is C51H30N4O2. The maximum atomic E-state index is 6.65. The van der Waals surface area contributed by atoms with Crippen molar-refractivity contribution in [2.75, 3.05) is 0 Å². The summed E-state index contributed by atoms with van der Waals surface area (Å²) in [6, 6.07) is 62.5. The van der Waals surface area contributed by atoms with E-state index < -0.39 is 0 Å². The Hall–Kier alpha value is -7.83. The molecule has 12 rings (SSSR count). The maximum absolute atomic E-state index is 6.65. The normalized spacial score (nSPS) is 11.9. The number of aromatic nitrogens is 4. The molecule has 0 unspecified atom stereocenters. The SMILES string of the molecule is c1ccc(-c2nc(-c3cc(-c4ccccc4)c4c(c3)oc3ccccc34)nc(-c3cccc4oc5cccc(-n6c7ccccc7c7ccccc76)c5c34)n2)cc1. The molecule has 12 aromatic rings. The standard InChI is InChI=1S/C51H30N4O2/c1-3-15-31(16-4-1)38-29-33(30-45-46(38)36-21-9-12-26-42(36)56-45)50-52-49(32-17-5-2-6-18-32)53-51(54-50)37-22-13-27-43-47(37)48-41(25-14-28-44(48)57-43)55-39-23-10-7-19-34(39)35-20-8-11-24-40(35)55/h1-30H. The molecule has 8 aromatic carbocycles. The van der Waals surface area contributed by atoms with Crippen molar-refractivity contribution in [1.82, 2.24) is 19.5 Å². The van der Waals surface area contributed by atoms with Gasteiger partial charge in [-0.15, -0.1) is 0 Å². The lowest BCUT2D eigenvalue weighted by atomic mass is 9.96. The van der Waals surface area contributed by atoms with Gasteiger partial charge >= 0.3 is 0 Å². The summed E-state index contributed by atoms with van der Waals surface area (Å²) in [6.07, 6.45) is 0. The highest BCUT2D eigenvalue weighted by atomic mass is 16.3. The van der Waals surface area contributed by atoms with Crippen LogP contribution < -0.4 is 0 Å². The second-order valence-electron chi connectivity index (χ2n) is 14.3. The monoisotopic (exact) mass is 730 g/mol. The van der Waals surface area contributed by atoms with Crippen molar-refractivity contribution in [3.63, 3.8) is 0 Å². The number of para-hydroxylation sites is 3. The van der Waals surface area contributed by atoms with Crippen LogP contribution in [0.15, 0.2) is 191 Å². The minimum atomic E-state index is 0.547. The highest BCUT2D eigenvalue weighted by Gasteiger charge is 2.23. The van der Waals surface area contributed by atoms with Crippen LogP contribution in [0.2, 0.25) is 0 Å². The second-order valence-corrected chi connectivity index (χ2v) is 14.3. The summed E-state index contributed by atoms with van der Waals surface area (Å²) in [6.45, 7) is 0. The summed E-state index contributed by atoms with van der Waals surface area (Å²) in [5.74, 6) is 1.68. The van der Waals surface area contributed by atoms with E-state index in [0.29, 0.717) is 17.5 Å². The van der Waals surface area contributed by atoms with Gasteiger partial charge in [0.25, 0.3) is 0 Å². The zero-order chi connectivity index (χ0) is 37.5. The minimum Gasteiger partial charge on any atom is -0.456 e. The van der Waals surface area contributed by atoms with Crippen LogP contribution in [0.25, 0.3) is 117 Å². The average Bonchev–Trinajstić information content (AvgIpc) is 3.96. The van der Waals surface area contributed by atoms with E-state index in [1.165, 1.54) is 10.8 Å². The van der Waals surface area contributed by atoms with E-state index in [-0.39, 0.29) is 0 Å². The predicted octanol–water partition coefficient (Wildman–Crippen LogP) is 13.4. The Morgan fingerprint density at radius 1 is 0.333 bits per heavy atom. The van der Waals surface area contributed by atoms with Crippen LogP contribution in [-0.4, -0.2) is 19.5 Å². The van der Waals surface area contributed by atoms with Crippen molar-refractivity contribution >= 4 is 65.7 Å². The van der Waals surface area contributed by atoms with E-state index in [1.54, 1.807) is 0 Å².